The van der Waals surface area contributed by atoms with E-state index in [0.29, 0.717) is 5.41 Å². The van der Waals surface area contributed by atoms with Crippen molar-refractivity contribution in [3.63, 3.8) is 0 Å². The van der Waals surface area contributed by atoms with Crippen LogP contribution in [0.4, 0.5) is 0 Å². The van der Waals surface area contributed by atoms with E-state index in [1.165, 1.54) is 12.8 Å². The van der Waals surface area contributed by atoms with Crippen LogP contribution in [0.3, 0.4) is 0 Å². The Morgan fingerprint density at radius 3 is 2.77 bits per heavy atom. The highest BCUT2D eigenvalue weighted by Crippen LogP contribution is 2.47. The van der Waals surface area contributed by atoms with Crippen LogP contribution in [0, 0.1) is 22.7 Å². The van der Waals surface area contributed by atoms with E-state index >= 15 is 0 Å². The Hall–Kier alpha value is -0.590. The topological polar surface area (TPSA) is 56.0 Å². The zero-order chi connectivity index (χ0) is 9.73. The van der Waals surface area contributed by atoms with Crippen molar-refractivity contribution in [2.24, 2.45) is 11.3 Å². The lowest BCUT2D eigenvalue weighted by atomic mass is 10.0. The third-order valence-corrected chi connectivity index (χ3v) is 2.77. The zero-order valence-corrected chi connectivity index (χ0v) is 8.21. The van der Waals surface area contributed by atoms with E-state index in [9.17, 15) is 0 Å². The SMILES string of the molecule is CC(C#N)CNCC1(CCO)CC1. The fourth-order valence-electron chi connectivity index (χ4n) is 1.53. The first-order chi connectivity index (χ1) is 6.22. The van der Waals surface area contributed by atoms with Gasteiger partial charge in [-0.1, -0.05) is 0 Å². The molecule has 0 spiro atoms. The maximum absolute atomic E-state index is 8.82. The molecule has 13 heavy (non-hydrogen) atoms. The standard InChI is InChI=1S/C10H18N2O/c1-9(6-11)7-12-8-10(2-3-10)4-5-13/h9,12-13H,2-5,7-8H2,1H3. The number of aliphatic hydroxyl groups is 1. The maximum Gasteiger partial charge on any atom is 0.0666 e. The number of nitrogens with one attached hydrogen (secondary N) is 1. The molecule has 0 amide bonds. The molecule has 0 aromatic heterocycles. The molecule has 0 aromatic carbocycles. The van der Waals surface area contributed by atoms with Crippen LogP contribution in [-0.4, -0.2) is 24.8 Å². The predicted octanol–water partition coefficient (Wildman–Crippen LogP) is 0.898. The van der Waals surface area contributed by atoms with Crippen molar-refractivity contribution in [1.29, 1.82) is 5.26 Å². The van der Waals surface area contributed by atoms with Crippen LogP contribution in [0.25, 0.3) is 0 Å². The second-order valence-electron chi connectivity index (χ2n) is 4.13. The van der Waals surface area contributed by atoms with Gasteiger partial charge in [0.05, 0.1) is 12.0 Å². The Bertz CT molecular complexity index is 194. The van der Waals surface area contributed by atoms with Crippen LogP contribution in [0.1, 0.15) is 26.2 Å². The molecule has 1 saturated carbocycles. The molecule has 1 rings (SSSR count). The second-order valence-corrected chi connectivity index (χ2v) is 4.13. The number of nitriles is 1. The summed E-state index contributed by atoms with van der Waals surface area (Å²) in [7, 11) is 0. The van der Waals surface area contributed by atoms with Crippen molar-refractivity contribution in [3.05, 3.63) is 0 Å². The molecule has 0 aliphatic heterocycles. The molecule has 0 bridgehead atoms. The minimum atomic E-state index is 0.0879. The van der Waals surface area contributed by atoms with Gasteiger partial charge in [-0.15, -0.1) is 0 Å². The van der Waals surface area contributed by atoms with Crippen LogP contribution < -0.4 is 5.32 Å². The van der Waals surface area contributed by atoms with E-state index in [4.69, 9.17) is 10.4 Å². The van der Waals surface area contributed by atoms with Crippen molar-refractivity contribution in [1.82, 2.24) is 5.32 Å². The fraction of sp³-hybridized carbons (Fsp3) is 0.900. The molecule has 0 heterocycles. The molecule has 1 atom stereocenters. The average molecular weight is 182 g/mol. The lowest BCUT2D eigenvalue weighted by Gasteiger charge is -2.14. The molecule has 1 fully saturated rings. The van der Waals surface area contributed by atoms with Gasteiger partial charge in [-0.3, -0.25) is 0 Å². The molecular formula is C10H18N2O. The van der Waals surface area contributed by atoms with Gasteiger partial charge in [-0.2, -0.15) is 5.26 Å². The van der Waals surface area contributed by atoms with Crippen LogP contribution in [0.5, 0.6) is 0 Å². The van der Waals surface area contributed by atoms with Gasteiger partial charge < -0.3 is 10.4 Å². The molecule has 3 heteroatoms. The quantitative estimate of drug-likeness (QED) is 0.641. The summed E-state index contributed by atoms with van der Waals surface area (Å²) in [5, 5.41) is 20.7. The Balaban J connectivity index is 2.09. The van der Waals surface area contributed by atoms with E-state index in [0.717, 1.165) is 19.5 Å². The van der Waals surface area contributed by atoms with Gasteiger partial charge in [-0.05, 0) is 31.6 Å². The van der Waals surface area contributed by atoms with Crippen molar-refractivity contribution < 1.29 is 5.11 Å². The summed E-state index contributed by atoms with van der Waals surface area (Å²) in [6, 6.07) is 2.19. The van der Waals surface area contributed by atoms with Gasteiger partial charge in [0.2, 0.25) is 0 Å². The monoisotopic (exact) mass is 182 g/mol. The highest BCUT2D eigenvalue weighted by Gasteiger charge is 2.41. The van der Waals surface area contributed by atoms with E-state index in [1.54, 1.807) is 0 Å². The van der Waals surface area contributed by atoms with Crippen molar-refractivity contribution in [2.75, 3.05) is 19.7 Å². The van der Waals surface area contributed by atoms with Gasteiger partial charge in [-0.25, -0.2) is 0 Å². The Kier molecular flexibility index (Phi) is 3.71. The first kappa shape index (κ1) is 10.5. The third-order valence-electron chi connectivity index (χ3n) is 2.77. The van der Waals surface area contributed by atoms with Crippen molar-refractivity contribution >= 4 is 0 Å². The van der Waals surface area contributed by atoms with Crippen LogP contribution in [0.15, 0.2) is 0 Å². The second kappa shape index (κ2) is 4.59. The smallest absolute Gasteiger partial charge is 0.0666 e. The molecular weight excluding hydrogens is 164 g/mol. The van der Waals surface area contributed by atoms with Crippen LogP contribution in [0.2, 0.25) is 0 Å². The van der Waals surface area contributed by atoms with E-state index < -0.39 is 0 Å². The van der Waals surface area contributed by atoms with Gasteiger partial charge in [0.15, 0.2) is 0 Å². The highest BCUT2D eigenvalue weighted by atomic mass is 16.3. The maximum atomic E-state index is 8.82. The van der Waals surface area contributed by atoms with Crippen LogP contribution in [-0.2, 0) is 0 Å². The summed E-state index contributed by atoms with van der Waals surface area (Å²) in [5.41, 5.74) is 0.365. The molecule has 1 unspecified atom stereocenters. The summed E-state index contributed by atoms with van der Waals surface area (Å²) < 4.78 is 0. The minimum absolute atomic E-state index is 0.0879. The lowest BCUT2D eigenvalue weighted by molar-refractivity contribution is 0.245. The first-order valence-electron chi connectivity index (χ1n) is 4.94. The van der Waals surface area contributed by atoms with Crippen molar-refractivity contribution in [2.45, 2.75) is 26.2 Å². The summed E-state index contributed by atoms with van der Waals surface area (Å²) in [6.07, 6.45) is 3.35. The lowest BCUT2D eigenvalue weighted by Crippen LogP contribution is -2.28. The fourth-order valence-corrected chi connectivity index (χ4v) is 1.53. The average Bonchev–Trinajstić information content (AvgIpc) is 2.86. The molecule has 1 aliphatic carbocycles. The predicted molar refractivity (Wildman–Crippen MR) is 51.0 cm³/mol. The van der Waals surface area contributed by atoms with Gasteiger partial charge >= 0.3 is 0 Å². The Morgan fingerprint density at radius 1 is 1.62 bits per heavy atom. The van der Waals surface area contributed by atoms with Gasteiger partial charge in [0.25, 0.3) is 0 Å². The van der Waals surface area contributed by atoms with E-state index in [1.807, 2.05) is 6.92 Å². The molecule has 3 nitrogen and oxygen atoms in total. The minimum Gasteiger partial charge on any atom is -0.396 e. The van der Waals surface area contributed by atoms with E-state index in [2.05, 4.69) is 11.4 Å². The molecule has 0 aromatic rings. The number of hydrogen-bond donors (Lipinski definition) is 2. The molecule has 1 aliphatic rings. The molecule has 74 valence electrons. The first-order valence-corrected chi connectivity index (χ1v) is 4.94. The Labute approximate surface area is 79.8 Å². The van der Waals surface area contributed by atoms with Gasteiger partial charge in [0, 0.05) is 19.7 Å². The highest BCUT2D eigenvalue weighted by molar-refractivity contribution is 4.95. The largest absolute Gasteiger partial charge is 0.396 e. The molecule has 2 N–H and O–H groups in total. The van der Waals surface area contributed by atoms with Gasteiger partial charge in [0.1, 0.15) is 0 Å². The Morgan fingerprint density at radius 2 is 2.31 bits per heavy atom. The van der Waals surface area contributed by atoms with Crippen molar-refractivity contribution in [3.8, 4) is 6.07 Å². The number of nitrogens with zero attached hydrogens (tertiary/aromatic N) is 1. The molecule has 0 saturated heterocycles. The zero-order valence-electron chi connectivity index (χ0n) is 8.21. The van der Waals surface area contributed by atoms with Crippen LogP contribution >= 0.6 is 0 Å². The normalized spacial score (nSPS) is 20.7. The summed E-state index contributed by atoms with van der Waals surface area (Å²) in [5.74, 6) is 0.0879. The number of rotatable bonds is 6. The summed E-state index contributed by atoms with van der Waals surface area (Å²) >= 11 is 0. The third kappa shape index (κ3) is 3.33. The van der Waals surface area contributed by atoms with E-state index in [-0.39, 0.29) is 12.5 Å². The summed E-state index contributed by atoms with van der Waals surface area (Å²) in [4.78, 5) is 0. The number of aliphatic hydroxyl groups excluding tert-OH is 1. The molecule has 0 radical (unpaired) electrons. The summed E-state index contributed by atoms with van der Waals surface area (Å²) in [6.45, 7) is 3.93. The number of hydrogen-bond acceptors (Lipinski definition) is 3.